The van der Waals surface area contributed by atoms with Crippen LogP contribution in [-0.2, 0) is 17.9 Å². The van der Waals surface area contributed by atoms with Gasteiger partial charge in [-0.25, -0.2) is 0 Å². The zero-order chi connectivity index (χ0) is 21.5. The zero-order valence-corrected chi connectivity index (χ0v) is 18.3. The van der Waals surface area contributed by atoms with Gasteiger partial charge in [0.1, 0.15) is 5.75 Å². The maximum atomic E-state index is 12.9. The van der Waals surface area contributed by atoms with Crippen molar-refractivity contribution < 1.29 is 9.53 Å². The van der Waals surface area contributed by atoms with E-state index in [-0.39, 0.29) is 5.91 Å². The second-order valence-corrected chi connectivity index (χ2v) is 8.32. The van der Waals surface area contributed by atoms with Crippen molar-refractivity contribution in [1.29, 1.82) is 0 Å². The average Bonchev–Trinajstić information content (AvgIpc) is 2.82. The predicted octanol–water partition coefficient (Wildman–Crippen LogP) is 5.30. The first-order valence-electron chi connectivity index (χ1n) is 11.5. The van der Waals surface area contributed by atoms with Crippen LogP contribution in [0.1, 0.15) is 43.7 Å². The number of hydrogen-bond donors (Lipinski definition) is 1. The van der Waals surface area contributed by atoms with Gasteiger partial charge in [-0.2, -0.15) is 0 Å². The van der Waals surface area contributed by atoms with Gasteiger partial charge in [0.15, 0.2) is 6.10 Å². The van der Waals surface area contributed by atoms with E-state index in [9.17, 15) is 4.79 Å². The number of fused-ring (bicyclic) bond motifs is 1. The molecule has 3 aromatic rings. The number of carbonyl (C=O) groups excluding carboxylic acids is 1. The molecule has 3 aromatic carbocycles. The fraction of sp³-hybridized carbons (Fsp3) is 0.370. The number of amides is 1. The number of rotatable bonds is 8. The molecule has 4 heteroatoms. The Labute approximate surface area is 185 Å². The highest BCUT2D eigenvalue weighted by Crippen LogP contribution is 2.26. The molecule has 1 fully saturated rings. The Hall–Kier alpha value is -2.85. The highest BCUT2D eigenvalue weighted by molar-refractivity contribution is 5.89. The fourth-order valence-corrected chi connectivity index (χ4v) is 4.31. The largest absolute Gasteiger partial charge is 0.480 e. The van der Waals surface area contributed by atoms with Crippen LogP contribution >= 0.6 is 0 Å². The Balaban J connectivity index is 1.40. The normalized spacial score (nSPS) is 15.5. The van der Waals surface area contributed by atoms with E-state index >= 15 is 0 Å². The first kappa shape index (κ1) is 21.4. The lowest BCUT2D eigenvalue weighted by Gasteiger charge is -2.27. The first-order valence-corrected chi connectivity index (χ1v) is 11.5. The Morgan fingerprint density at radius 1 is 0.935 bits per heavy atom. The third-order valence-electron chi connectivity index (χ3n) is 6.10. The lowest BCUT2D eigenvalue weighted by atomic mass is 10.0. The molecule has 31 heavy (non-hydrogen) atoms. The number of piperidine rings is 1. The second kappa shape index (κ2) is 10.5. The summed E-state index contributed by atoms with van der Waals surface area (Å²) in [5.41, 5.74) is 2.48. The van der Waals surface area contributed by atoms with Gasteiger partial charge in [-0.1, -0.05) is 74.0 Å². The third kappa shape index (κ3) is 5.45. The molecule has 0 radical (unpaired) electrons. The SMILES string of the molecule is CCC(Oc1cccc2ccccc12)C(=O)NCc1ccccc1CN1CCCCC1. The molecule has 4 rings (SSSR count). The summed E-state index contributed by atoms with van der Waals surface area (Å²) in [6, 6.07) is 22.5. The van der Waals surface area contributed by atoms with Crippen LogP contribution in [0, 0.1) is 0 Å². The van der Waals surface area contributed by atoms with E-state index in [1.165, 1.54) is 30.4 Å². The highest BCUT2D eigenvalue weighted by Gasteiger charge is 2.20. The Bertz CT molecular complexity index is 1010. The highest BCUT2D eigenvalue weighted by atomic mass is 16.5. The van der Waals surface area contributed by atoms with E-state index in [4.69, 9.17) is 4.74 Å². The molecule has 1 saturated heterocycles. The maximum Gasteiger partial charge on any atom is 0.261 e. The molecule has 1 amide bonds. The van der Waals surface area contributed by atoms with Crippen LogP contribution in [0.15, 0.2) is 66.7 Å². The van der Waals surface area contributed by atoms with E-state index in [0.29, 0.717) is 13.0 Å². The lowest BCUT2D eigenvalue weighted by Crippen LogP contribution is -2.38. The van der Waals surface area contributed by atoms with Crippen LogP contribution in [0.5, 0.6) is 5.75 Å². The number of ether oxygens (including phenoxy) is 1. The molecule has 0 saturated carbocycles. The van der Waals surface area contributed by atoms with Gasteiger partial charge in [-0.15, -0.1) is 0 Å². The van der Waals surface area contributed by atoms with Crippen molar-refractivity contribution in [3.63, 3.8) is 0 Å². The van der Waals surface area contributed by atoms with Gasteiger partial charge in [0, 0.05) is 18.5 Å². The molecule has 162 valence electrons. The summed E-state index contributed by atoms with van der Waals surface area (Å²) in [7, 11) is 0. The maximum absolute atomic E-state index is 12.9. The summed E-state index contributed by atoms with van der Waals surface area (Å²) < 4.78 is 6.16. The second-order valence-electron chi connectivity index (χ2n) is 8.32. The van der Waals surface area contributed by atoms with Gasteiger partial charge < -0.3 is 10.1 Å². The zero-order valence-electron chi connectivity index (χ0n) is 18.3. The third-order valence-corrected chi connectivity index (χ3v) is 6.10. The van der Waals surface area contributed by atoms with Crippen LogP contribution in [-0.4, -0.2) is 30.0 Å². The van der Waals surface area contributed by atoms with Crippen LogP contribution in [0.2, 0.25) is 0 Å². The number of hydrogen-bond acceptors (Lipinski definition) is 3. The number of nitrogens with one attached hydrogen (secondary N) is 1. The minimum atomic E-state index is -0.514. The van der Waals surface area contributed by atoms with Crippen molar-refractivity contribution in [2.24, 2.45) is 0 Å². The molecule has 1 aliphatic heterocycles. The van der Waals surface area contributed by atoms with Crippen molar-refractivity contribution in [3.8, 4) is 5.75 Å². The quantitative estimate of drug-likeness (QED) is 0.542. The van der Waals surface area contributed by atoms with Gasteiger partial charge in [0.25, 0.3) is 5.91 Å². The molecule has 4 nitrogen and oxygen atoms in total. The number of likely N-dealkylation sites (tertiary alicyclic amines) is 1. The molecule has 0 spiro atoms. The van der Waals surface area contributed by atoms with Crippen molar-refractivity contribution in [2.45, 2.75) is 51.8 Å². The van der Waals surface area contributed by atoms with Crippen molar-refractivity contribution in [1.82, 2.24) is 10.2 Å². The van der Waals surface area contributed by atoms with Crippen LogP contribution < -0.4 is 10.1 Å². The van der Waals surface area contributed by atoms with E-state index in [1.807, 2.05) is 43.3 Å². The predicted molar refractivity (Wildman–Crippen MR) is 126 cm³/mol. The van der Waals surface area contributed by atoms with Gasteiger partial charge in [-0.05, 0) is 54.9 Å². The molecular weight excluding hydrogens is 384 g/mol. The summed E-state index contributed by atoms with van der Waals surface area (Å²) >= 11 is 0. The summed E-state index contributed by atoms with van der Waals surface area (Å²) in [6.45, 7) is 5.79. The molecule has 0 aromatic heterocycles. The summed E-state index contributed by atoms with van der Waals surface area (Å²) in [5.74, 6) is 0.689. The molecule has 1 heterocycles. The molecule has 1 atom stereocenters. The Morgan fingerprint density at radius 3 is 2.45 bits per heavy atom. The Kier molecular flexibility index (Phi) is 7.21. The summed E-state index contributed by atoms with van der Waals surface area (Å²) in [4.78, 5) is 15.5. The van der Waals surface area contributed by atoms with Crippen LogP contribution in [0.4, 0.5) is 0 Å². The Morgan fingerprint density at radius 2 is 1.65 bits per heavy atom. The van der Waals surface area contributed by atoms with Gasteiger partial charge in [-0.3, -0.25) is 9.69 Å². The molecule has 1 unspecified atom stereocenters. The van der Waals surface area contributed by atoms with Gasteiger partial charge in [0.05, 0.1) is 0 Å². The number of benzene rings is 3. The van der Waals surface area contributed by atoms with Gasteiger partial charge in [0.2, 0.25) is 0 Å². The molecule has 0 aliphatic carbocycles. The topological polar surface area (TPSA) is 41.6 Å². The van der Waals surface area contributed by atoms with Crippen molar-refractivity contribution in [3.05, 3.63) is 77.9 Å². The monoisotopic (exact) mass is 416 g/mol. The molecule has 1 N–H and O–H groups in total. The van der Waals surface area contributed by atoms with Crippen molar-refractivity contribution in [2.75, 3.05) is 13.1 Å². The molecular formula is C27H32N2O2. The van der Waals surface area contributed by atoms with E-state index in [2.05, 4.69) is 40.5 Å². The number of carbonyl (C=O) groups is 1. The smallest absolute Gasteiger partial charge is 0.261 e. The standard InChI is InChI=1S/C27H32N2O2/c1-2-25(31-26-16-10-14-21-11-6-7-15-24(21)26)27(30)28-19-22-12-4-5-13-23(22)20-29-17-8-3-9-18-29/h4-7,10-16,25H,2-3,8-9,17-20H2,1H3,(H,28,30). The van der Waals surface area contributed by atoms with Crippen LogP contribution in [0.25, 0.3) is 10.8 Å². The fourth-order valence-electron chi connectivity index (χ4n) is 4.31. The molecule has 0 bridgehead atoms. The van der Waals surface area contributed by atoms with Crippen LogP contribution in [0.3, 0.4) is 0 Å². The summed E-state index contributed by atoms with van der Waals surface area (Å²) in [6.07, 6.45) is 4.00. The molecule has 1 aliphatic rings. The minimum absolute atomic E-state index is 0.0665. The first-order chi connectivity index (χ1) is 15.2. The van der Waals surface area contributed by atoms with Gasteiger partial charge >= 0.3 is 0 Å². The van der Waals surface area contributed by atoms with E-state index in [1.54, 1.807) is 0 Å². The van der Waals surface area contributed by atoms with Crippen molar-refractivity contribution >= 4 is 16.7 Å². The lowest BCUT2D eigenvalue weighted by molar-refractivity contribution is -0.128. The van der Waals surface area contributed by atoms with E-state index < -0.39 is 6.10 Å². The summed E-state index contributed by atoms with van der Waals surface area (Å²) in [5, 5.41) is 5.26. The average molecular weight is 417 g/mol. The minimum Gasteiger partial charge on any atom is -0.480 e. The van der Waals surface area contributed by atoms with E-state index in [0.717, 1.165) is 36.2 Å². The number of nitrogens with zero attached hydrogens (tertiary/aromatic N) is 1.